The zero-order valence-electron chi connectivity index (χ0n) is 12.8. The molecule has 1 aliphatic rings. The van der Waals surface area contributed by atoms with Crippen LogP contribution in [-0.2, 0) is 16.0 Å². The van der Waals surface area contributed by atoms with E-state index in [-0.39, 0.29) is 24.8 Å². The van der Waals surface area contributed by atoms with Crippen LogP contribution in [0.4, 0.5) is 0 Å². The first-order chi connectivity index (χ1) is 11.2. The maximum absolute atomic E-state index is 11.9. The number of carbonyl (C=O) groups excluding carboxylic acids is 2. The second-order valence-electron chi connectivity index (χ2n) is 5.55. The number of likely N-dealkylation sites (tertiary alicyclic amines) is 1. The lowest BCUT2D eigenvalue weighted by Crippen LogP contribution is -2.39. The van der Waals surface area contributed by atoms with E-state index in [1.54, 1.807) is 4.90 Å². The number of amides is 2. The van der Waals surface area contributed by atoms with Gasteiger partial charge in [-0.05, 0) is 25.0 Å². The lowest BCUT2D eigenvalue weighted by molar-refractivity contribution is -0.131. The van der Waals surface area contributed by atoms with Gasteiger partial charge < -0.3 is 14.6 Å². The van der Waals surface area contributed by atoms with E-state index in [4.69, 9.17) is 4.42 Å². The van der Waals surface area contributed by atoms with Crippen molar-refractivity contribution in [1.82, 2.24) is 15.2 Å². The molecule has 0 aliphatic carbocycles. The molecular weight excluding hydrogens is 294 g/mol. The van der Waals surface area contributed by atoms with E-state index < -0.39 is 0 Å². The topological polar surface area (TPSA) is 75.4 Å². The Kier molecular flexibility index (Phi) is 4.71. The number of nitrogens with one attached hydrogen (secondary N) is 1. The summed E-state index contributed by atoms with van der Waals surface area (Å²) < 4.78 is 5.39. The summed E-state index contributed by atoms with van der Waals surface area (Å²) in [5.41, 5.74) is 1.42. The molecule has 1 fully saturated rings. The van der Waals surface area contributed by atoms with Crippen LogP contribution in [0, 0.1) is 0 Å². The fourth-order valence-corrected chi connectivity index (χ4v) is 2.58. The van der Waals surface area contributed by atoms with Crippen molar-refractivity contribution in [3.05, 3.63) is 42.3 Å². The summed E-state index contributed by atoms with van der Waals surface area (Å²) >= 11 is 0. The standard InChI is InChI=1S/C17H19N3O3/c21-15(18-11-16(22)20-8-4-5-9-20)10-14-12-23-17(19-14)13-6-2-1-3-7-13/h1-3,6-7,12H,4-5,8-11H2,(H,18,21). The monoisotopic (exact) mass is 313 g/mol. The van der Waals surface area contributed by atoms with Gasteiger partial charge in [0.25, 0.3) is 0 Å². The Morgan fingerprint density at radius 2 is 1.91 bits per heavy atom. The largest absolute Gasteiger partial charge is 0.444 e. The zero-order valence-corrected chi connectivity index (χ0v) is 12.8. The summed E-state index contributed by atoms with van der Waals surface area (Å²) in [6, 6.07) is 9.50. The Labute approximate surface area is 134 Å². The maximum atomic E-state index is 11.9. The molecule has 6 heteroatoms. The van der Waals surface area contributed by atoms with Crippen LogP contribution < -0.4 is 5.32 Å². The fraction of sp³-hybridized carbons (Fsp3) is 0.353. The molecule has 0 spiro atoms. The lowest BCUT2D eigenvalue weighted by Gasteiger charge is -2.15. The molecule has 6 nitrogen and oxygen atoms in total. The summed E-state index contributed by atoms with van der Waals surface area (Å²) in [5, 5.41) is 2.65. The van der Waals surface area contributed by atoms with E-state index in [1.807, 2.05) is 30.3 Å². The minimum Gasteiger partial charge on any atom is -0.444 e. The smallest absolute Gasteiger partial charge is 0.241 e. The van der Waals surface area contributed by atoms with Gasteiger partial charge >= 0.3 is 0 Å². The predicted octanol–water partition coefficient (Wildman–Crippen LogP) is 1.62. The molecule has 1 saturated heterocycles. The lowest BCUT2D eigenvalue weighted by atomic mass is 10.2. The van der Waals surface area contributed by atoms with Gasteiger partial charge in [-0.1, -0.05) is 18.2 Å². The first-order valence-corrected chi connectivity index (χ1v) is 7.76. The van der Waals surface area contributed by atoms with Crippen LogP contribution >= 0.6 is 0 Å². The van der Waals surface area contributed by atoms with E-state index >= 15 is 0 Å². The molecule has 1 N–H and O–H groups in total. The van der Waals surface area contributed by atoms with E-state index in [0.717, 1.165) is 31.5 Å². The van der Waals surface area contributed by atoms with Gasteiger partial charge in [0.2, 0.25) is 17.7 Å². The number of aromatic nitrogens is 1. The molecule has 0 atom stereocenters. The van der Waals surface area contributed by atoms with E-state index in [0.29, 0.717) is 11.6 Å². The average molecular weight is 313 g/mol. The van der Waals surface area contributed by atoms with Crippen LogP contribution in [0.15, 0.2) is 41.0 Å². The molecule has 1 aromatic heterocycles. The molecule has 2 amide bonds. The molecule has 1 aliphatic heterocycles. The van der Waals surface area contributed by atoms with Crippen LogP contribution in [0.5, 0.6) is 0 Å². The Bertz CT molecular complexity index is 675. The molecule has 120 valence electrons. The van der Waals surface area contributed by atoms with Crippen LogP contribution in [0.1, 0.15) is 18.5 Å². The van der Waals surface area contributed by atoms with Crippen molar-refractivity contribution in [1.29, 1.82) is 0 Å². The fourth-order valence-electron chi connectivity index (χ4n) is 2.58. The molecule has 23 heavy (non-hydrogen) atoms. The third-order valence-electron chi connectivity index (χ3n) is 3.81. The maximum Gasteiger partial charge on any atom is 0.241 e. The van der Waals surface area contributed by atoms with Crippen molar-refractivity contribution in [2.24, 2.45) is 0 Å². The molecular formula is C17H19N3O3. The van der Waals surface area contributed by atoms with Gasteiger partial charge in [-0.3, -0.25) is 9.59 Å². The quantitative estimate of drug-likeness (QED) is 0.910. The second kappa shape index (κ2) is 7.09. The van der Waals surface area contributed by atoms with E-state index in [9.17, 15) is 9.59 Å². The molecule has 3 rings (SSSR count). The highest BCUT2D eigenvalue weighted by atomic mass is 16.3. The number of nitrogens with zero attached hydrogens (tertiary/aromatic N) is 2. The summed E-state index contributed by atoms with van der Waals surface area (Å²) in [4.78, 5) is 29.9. The summed E-state index contributed by atoms with van der Waals surface area (Å²) in [7, 11) is 0. The van der Waals surface area contributed by atoms with Gasteiger partial charge in [0.1, 0.15) is 6.26 Å². The van der Waals surface area contributed by atoms with E-state index in [1.165, 1.54) is 6.26 Å². The van der Waals surface area contributed by atoms with E-state index in [2.05, 4.69) is 10.3 Å². The number of benzene rings is 1. The predicted molar refractivity (Wildman–Crippen MR) is 84.5 cm³/mol. The van der Waals surface area contributed by atoms with Crippen molar-refractivity contribution in [3.63, 3.8) is 0 Å². The third-order valence-corrected chi connectivity index (χ3v) is 3.81. The van der Waals surface area contributed by atoms with Gasteiger partial charge in [-0.25, -0.2) is 4.98 Å². The van der Waals surface area contributed by atoms with Gasteiger partial charge in [0, 0.05) is 18.7 Å². The number of hydrogen-bond acceptors (Lipinski definition) is 4. The Hall–Kier alpha value is -2.63. The third kappa shape index (κ3) is 3.97. The normalized spacial score (nSPS) is 14.0. The highest BCUT2D eigenvalue weighted by molar-refractivity contribution is 5.85. The molecule has 0 saturated carbocycles. The van der Waals surface area contributed by atoms with Gasteiger partial charge in [0.05, 0.1) is 18.7 Å². The van der Waals surface area contributed by atoms with Crippen LogP contribution in [0.3, 0.4) is 0 Å². The van der Waals surface area contributed by atoms with Gasteiger partial charge in [-0.15, -0.1) is 0 Å². The molecule has 2 heterocycles. The summed E-state index contributed by atoms with van der Waals surface area (Å²) in [6.07, 6.45) is 3.66. The molecule has 1 aromatic carbocycles. The SMILES string of the molecule is O=C(Cc1coc(-c2ccccc2)n1)NCC(=O)N1CCCC1. The minimum absolute atomic E-state index is 0.0269. The van der Waals surface area contributed by atoms with Gasteiger partial charge in [-0.2, -0.15) is 0 Å². The van der Waals surface area contributed by atoms with Crippen LogP contribution in [-0.4, -0.2) is 41.3 Å². The van der Waals surface area contributed by atoms with Crippen molar-refractivity contribution in [3.8, 4) is 11.5 Å². The number of carbonyl (C=O) groups is 2. The molecule has 0 radical (unpaired) electrons. The Morgan fingerprint density at radius 1 is 1.17 bits per heavy atom. The molecule has 2 aromatic rings. The Balaban J connectivity index is 1.50. The highest BCUT2D eigenvalue weighted by Gasteiger charge is 2.18. The Morgan fingerprint density at radius 3 is 2.65 bits per heavy atom. The summed E-state index contributed by atoms with van der Waals surface area (Å²) in [6.45, 7) is 1.62. The summed E-state index contributed by atoms with van der Waals surface area (Å²) in [5.74, 6) is 0.230. The highest BCUT2D eigenvalue weighted by Crippen LogP contribution is 2.18. The van der Waals surface area contributed by atoms with Gasteiger partial charge in [0.15, 0.2) is 0 Å². The number of hydrogen-bond donors (Lipinski definition) is 1. The van der Waals surface area contributed by atoms with Crippen molar-refractivity contribution < 1.29 is 14.0 Å². The molecule has 0 bridgehead atoms. The van der Waals surface area contributed by atoms with Crippen molar-refractivity contribution >= 4 is 11.8 Å². The first-order valence-electron chi connectivity index (χ1n) is 7.76. The minimum atomic E-state index is -0.231. The number of rotatable bonds is 5. The first kappa shape index (κ1) is 15.3. The van der Waals surface area contributed by atoms with Crippen molar-refractivity contribution in [2.45, 2.75) is 19.3 Å². The number of oxazole rings is 1. The van der Waals surface area contributed by atoms with Crippen LogP contribution in [0.2, 0.25) is 0 Å². The van der Waals surface area contributed by atoms with Crippen molar-refractivity contribution in [2.75, 3.05) is 19.6 Å². The van der Waals surface area contributed by atoms with Crippen LogP contribution in [0.25, 0.3) is 11.5 Å². The molecule has 0 unspecified atom stereocenters. The average Bonchev–Trinajstić information content (AvgIpc) is 3.25. The second-order valence-corrected chi connectivity index (χ2v) is 5.55. The zero-order chi connectivity index (χ0) is 16.1.